The van der Waals surface area contributed by atoms with Gasteiger partial charge in [0.15, 0.2) is 0 Å². The first kappa shape index (κ1) is 16.1. The fourth-order valence-electron chi connectivity index (χ4n) is 2.92. The van der Waals surface area contributed by atoms with E-state index in [9.17, 15) is 0 Å². The quantitative estimate of drug-likeness (QED) is 0.563. The maximum atomic E-state index is 6.38. The van der Waals surface area contributed by atoms with Crippen LogP contribution in [0.5, 0.6) is 0 Å². The molecule has 24 heavy (non-hydrogen) atoms. The van der Waals surface area contributed by atoms with E-state index in [2.05, 4.69) is 5.32 Å². The maximum absolute atomic E-state index is 6.38. The van der Waals surface area contributed by atoms with E-state index in [-0.39, 0.29) is 0 Å². The largest absolute Gasteiger partial charge is 0.369 e. The normalized spacial score (nSPS) is 13.0. The van der Waals surface area contributed by atoms with Gasteiger partial charge in [-0.05, 0) is 36.8 Å². The van der Waals surface area contributed by atoms with Gasteiger partial charge in [0.2, 0.25) is 0 Å². The second-order valence-electron chi connectivity index (χ2n) is 5.46. The Morgan fingerprint density at radius 3 is 2.46 bits per heavy atom. The number of aromatic nitrogens is 2. The Balaban J connectivity index is 1.98. The monoisotopic (exact) mass is 397 g/mol. The van der Waals surface area contributed by atoms with Crippen molar-refractivity contribution < 1.29 is 0 Å². The number of nitrogens with zero attached hydrogens (tertiary/aromatic N) is 2. The van der Waals surface area contributed by atoms with Gasteiger partial charge in [-0.25, -0.2) is 4.68 Å². The number of rotatable bonds is 2. The summed E-state index contributed by atoms with van der Waals surface area (Å²) in [4.78, 5) is 0. The minimum Gasteiger partial charge on any atom is -0.369 e. The molecule has 1 aliphatic rings. The molecule has 7 heteroatoms. The number of hydrogen-bond donors (Lipinski definition) is 1. The molecule has 0 aliphatic carbocycles. The molecule has 0 spiro atoms. The smallest absolute Gasteiger partial charge is 0.133 e. The molecule has 1 aliphatic heterocycles. The van der Waals surface area contributed by atoms with Gasteiger partial charge in [-0.2, -0.15) is 5.10 Å². The van der Waals surface area contributed by atoms with Crippen molar-refractivity contribution >= 4 is 52.2 Å². The Kier molecular flexibility index (Phi) is 4.13. The minimum atomic E-state index is 0.565. The number of anilines is 1. The zero-order valence-electron chi connectivity index (χ0n) is 12.3. The van der Waals surface area contributed by atoms with E-state index >= 15 is 0 Å². The molecule has 122 valence electrons. The van der Waals surface area contributed by atoms with E-state index in [1.165, 1.54) is 0 Å². The SMILES string of the molecule is Clc1ccc(Cl)c(-n2nc(-c3c(Cl)cccc3Cl)c3c2NCC3)c1. The van der Waals surface area contributed by atoms with Gasteiger partial charge < -0.3 is 5.32 Å². The van der Waals surface area contributed by atoms with Crippen LogP contribution >= 0.6 is 46.4 Å². The van der Waals surface area contributed by atoms with E-state index in [0.29, 0.717) is 25.8 Å². The van der Waals surface area contributed by atoms with Crippen LogP contribution < -0.4 is 5.32 Å². The van der Waals surface area contributed by atoms with E-state index in [1.807, 2.05) is 18.2 Å². The topological polar surface area (TPSA) is 29.9 Å². The van der Waals surface area contributed by atoms with Crippen LogP contribution in [0.25, 0.3) is 16.9 Å². The summed E-state index contributed by atoms with van der Waals surface area (Å²) in [6.45, 7) is 0.820. The highest BCUT2D eigenvalue weighted by molar-refractivity contribution is 6.39. The second-order valence-corrected chi connectivity index (χ2v) is 7.11. The molecule has 0 radical (unpaired) electrons. The Bertz CT molecular complexity index is 929. The molecule has 0 unspecified atom stereocenters. The molecule has 1 aromatic heterocycles. The third-order valence-electron chi connectivity index (χ3n) is 3.99. The van der Waals surface area contributed by atoms with Gasteiger partial charge in [-0.3, -0.25) is 0 Å². The van der Waals surface area contributed by atoms with Crippen LogP contribution in [-0.2, 0) is 6.42 Å². The predicted octanol–water partition coefficient (Wildman–Crippen LogP) is 6.12. The minimum absolute atomic E-state index is 0.565. The molecule has 0 amide bonds. The Labute approximate surface area is 159 Å². The van der Waals surface area contributed by atoms with Gasteiger partial charge >= 0.3 is 0 Å². The molecule has 0 saturated carbocycles. The lowest BCUT2D eigenvalue weighted by Crippen LogP contribution is -2.05. The molecule has 2 heterocycles. The Morgan fingerprint density at radius 1 is 0.958 bits per heavy atom. The molecule has 0 fully saturated rings. The summed E-state index contributed by atoms with van der Waals surface area (Å²) in [6, 6.07) is 10.7. The average molecular weight is 399 g/mol. The van der Waals surface area contributed by atoms with Gasteiger partial charge in [0.25, 0.3) is 0 Å². The molecule has 3 aromatic rings. The third kappa shape index (κ3) is 2.56. The van der Waals surface area contributed by atoms with Crippen LogP contribution in [0.1, 0.15) is 5.56 Å². The second kappa shape index (κ2) is 6.16. The molecule has 3 nitrogen and oxygen atoms in total. The van der Waals surface area contributed by atoms with E-state index < -0.39 is 0 Å². The molecule has 1 N–H and O–H groups in total. The summed E-state index contributed by atoms with van der Waals surface area (Å²) >= 11 is 25.2. The van der Waals surface area contributed by atoms with Gasteiger partial charge in [0.05, 0.1) is 20.8 Å². The summed E-state index contributed by atoms with van der Waals surface area (Å²) in [5.41, 5.74) is 3.28. The first-order valence-corrected chi connectivity index (χ1v) is 8.83. The van der Waals surface area contributed by atoms with Crippen LogP contribution in [-0.4, -0.2) is 16.3 Å². The Hall–Kier alpha value is -1.39. The zero-order chi connectivity index (χ0) is 16.8. The number of nitrogens with one attached hydrogen (secondary N) is 1. The van der Waals surface area contributed by atoms with Crippen molar-refractivity contribution in [1.82, 2.24) is 9.78 Å². The summed E-state index contributed by atoms with van der Waals surface area (Å²) in [6.07, 6.45) is 0.838. The maximum Gasteiger partial charge on any atom is 0.133 e. The van der Waals surface area contributed by atoms with Crippen molar-refractivity contribution in [3.63, 3.8) is 0 Å². The first-order valence-electron chi connectivity index (χ1n) is 7.32. The van der Waals surface area contributed by atoms with Crippen molar-refractivity contribution in [2.24, 2.45) is 0 Å². The molecule has 0 bridgehead atoms. The number of hydrogen-bond acceptors (Lipinski definition) is 2. The van der Waals surface area contributed by atoms with Crippen molar-refractivity contribution in [2.75, 3.05) is 11.9 Å². The summed E-state index contributed by atoms with van der Waals surface area (Å²) in [7, 11) is 0. The van der Waals surface area contributed by atoms with Gasteiger partial charge in [-0.1, -0.05) is 52.5 Å². The van der Waals surface area contributed by atoms with Gasteiger partial charge in [0.1, 0.15) is 11.5 Å². The van der Waals surface area contributed by atoms with Crippen molar-refractivity contribution in [2.45, 2.75) is 6.42 Å². The van der Waals surface area contributed by atoms with Crippen molar-refractivity contribution in [3.05, 3.63) is 62.1 Å². The van der Waals surface area contributed by atoms with E-state index in [1.54, 1.807) is 22.9 Å². The predicted molar refractivity (Wildman–Crippen MR) is 101 cm³/mol. The molecule has 0 atom stereocenters. The summed E-state index contributed by atoms with van der Waals surface area (Å²) in [5.74, 6) is 0.894. The molecule has 4 rings (SSSR count). The summed E-state index contributed by atoms with van der Waals surface area (Å²) < 4.78 is 1.77. The molecule has 2 aromatic carbocycles. The zero-order valence-corrected chi connectivity index (χ0v) is 15.3. The molecular weight excluding hydrogens is 388 g/mol. The van der Waals surface area contributed by atoms with Crippen LogP contribution in [0.2, 0.25) is 20.1 Å². The lowest BCUT2D eigenvalue weighted by atomic mass is 10.1. The van der Waals surface area contributed by atoms with Crippen LogP contribution in [0.15, 0.2) is 36.4 Å². The highest BCUT2D eigenvalue weighted by Gasteiger charge is 2.27. The third-order valence-corrected chi connectivity index (χ3v) is 5.17. The lowest BCUT2D eigenvalue weighted by Gasteiger charge is -2.09. The average Bonchev–Trinajstić information content (AvgIpc) is 3.13. The van der Waals surface area contributed by atoms with E-state index in [4.69, 9.17) is 51.5 Å². The first-order chi connectivity index (χ1) is 11.6. The number of benzene rings is 2. The van der Waals surface area contributed by atoms with Crippen molar-refractivity contribution in [3.8, 4) is 16.9 Å². The summed E-state index contributed by atoms with van der Waals surface area (Å²) in [5, 5.41) is 10.4. The van der Waals surface area contributed by atoms with Crippen LogP contribution in [0.4, 0.5) is 5.82 Å². The molecular formula is C17H11Cl4N3. The highest BCUT2D eigenvalue weighted by Crippen LogP contribution is 2.41. The number of fused-ring (bicyclic) bond motifs is 1. The fourth-order valence-corrected chi connectivity index (χ4v) is 3.86. The van der Waals surface area contributed by atoms with Gasteiger partial charge in [-0.15, -0.1) is 0 Å². The van der Waals surface area contributed by atoms with Gasteiger partial charge in [0, 0.05) is 22.7 Å². The van der Waals surface area contributed by atoms with E-state index in [0.717, 1.165) is 35.6 Å². The fraction of sp³-hybridized carbons (Fsp3) is 0.118. The number of halogens is 4. The Morgan fingerprint density at radius 2 is 1.71 bits per heavy atom. The van der Waals surface area contributed by atoms with Crippen molar-refractivity contribution in [1.29, 1.82) is 0 Å². The molecule has 0 saturated heterocycles. The highest BCUT2D eigenvalue weighted by atomic mass is 35.5. The van der Waals surface area contributed by atoms with Crippen LogP contribution in [0.3, 0.4) is 0 Å². The lowest BCUT2D eigenvalue weighted by molar-refractivity contribution is 0.883. The van der Waals surface area contributed by atoms with Crippen LogP contribution in [0, 0.1) is 0 Å². The standard InChI is InChI=1S/C17H11Cl4N3/c18-9-4-5-11(19)14(8-9)24-17-10(6-7-22-17)16(23-24)15-12(20)2-1-3-13(15)21/h1-5,8,22H,6-7H2.